The van der Waals surface area contributed by atoms with Crippen LogP contribution in [0.15, 0.2) is 40.7 Å². The maximum Gasteiger partial charge on any atom is 0.289 e. The zero-order valence-electron chi connectivity index (χ0n) is 12.5. The molecule has 23 heavy (non-hydrogen) atoms. The maximum absolute atomic E-state index is 12.2. The number of hydrogen-bond donors (Lipinski definition) is 0. The van der Waals surface area contributed by atoms with Gasteiger partial charge in [-0.25, -0.2) is 0 Å². The number of fused-ring (bicyclic) bond motifs is 1. The molecule has 116 valence electrons. The maximum atomic E-state index is 12.2. The first-order valence-electron chi connectivity index (χ1n) is 7.05. The number of benzene rings is 1. The third kappa shape index (κ3) is 3.21. The highest BCUT2D eigenvalue weighted by Crippen LogP contribution is 2.23. The predicted octanol–water partition coefficient (Wildman–Crippen LogP) is 3.54. The lowest BCUT2D eigenvalue weighted by atomic mass is 10.3. The summed E-state index contributed by atoms with van der Waals surface area (Å²) in [5, 5.41) is 1.86. The van der Waals surface area contributed by atoms with E-state index < -0.39 is 0 Å². The highest BCUT2D eigenvalue weighted by atomic mass is 32.1. The summed E-state index contributed by atoms with van der Waals surface area (Å²) in [6.07, 6.45) is 5.47. The molecule has 0 aliphatic carbocycles. The summed E-state index contributed by atoms with van der Waals surface area (Å²) in [5.74, 6) is 3.17. The van der Waals surface area contributed by atoms with E-state index in [2.05, 4.69) is 10.9 Å². The van der Waals surface area contributed by atoms with Gasteiger partial charge in [0.25, 0.3) is 5.91 Å². The van der Waals surface area contributed by atoms with E-state index >= 15 is 0 Å². The molecule has 1 aromatic carbocycles. The van der Waals surface area contributed by atoms with Gasteiger partial charge in [0.15, 0.2) is 4.80 Å². The van der Waals surface area contributed by atoms with Crippen LogP contribution < -0.4 is 9.54 Å². The average Bonchev–Trinajstić information content (AvgIpc) is 3.17. The van der Waals surface area contributed by atoms with Crippen LogP contribution in [0, 0.1) is 12.3 Å². The molecule has 2 aromatic heterocycles. The van der Waals surface area contributed by atoms with Gasteiger partial charge in [-0.2, -0.15) is 4.99 Å². The fraction of sp³-hybridized carbons (Fsp3) is 0.176. The number of amides is 1. The fourth-order valence-electron chi connectivity index (χ4n) is 2.18. The summed E-state index contributed by atoms with van der Waals surface area (Å²) in [6.45, 7) is 2.91. The largest absolute Gasteiger partial charge is 0.494 e. The van der Waals surface area contributed by atoms with Gasteiger partial charge in [0.05, 0.1) is 28.2 Å². The van der Waals surface area contributed by atoms with Gasteiger partial charge in [-0.3, -0.25) is 4.79 Å². The van der Waals surface area contributed by atoms with Crippen LogP contribution in [0.1, 0.15) is 16.6 Å². The lowest BCUT2D eigenvalue weighted by molar-refractivity contribution is 0.100. The van der Waals surface area contributed by atoms with Crippen LogP contribution in [0.4, 0.5) is 0 Å². The molecule has 0 saturated carbocycles. The normalized spacial score (nSPS) is 11.6. The summed E-state index contributed by atoms with van der Waals surface area (Å²) >= 11 is 2.81. The van der Waals surface area contributed by atoms with Crippen molar-refractivity contribution >= 4 is 38.8 Å². The molecule has 0 aliphatic heterocycles. The number of aromatic nitrogens is 1. The molecule has 2 heterocycles. The highest BCUT2D eigenvalue weighted by Gasteiger charge is 2.10. The van der Waals surface area contributed by atoms with Gasteiger partial charge in [-0.1, -0.05) is 23.3 Å². The van der Waals surface area contributed by atoms with E-state index in [1.54, 1.807) is 6.07 Å². The lowest BCUT2D eigenvalue weighted by Gasteiger charge is -2.03. The van der Waals surface area contributed by atoms with Crippen molar-refractivity contribution in [3.8, 4) is 18.1 Å². The topological polar surface area (TPSA) is 43.6 Å². The number of hydrogen-bond acceptors (Lipinski definition) is 4. The Morgan fingerprint density at radius 1 is 1.43 bits per heavy atom. The molecule has 0 aliphatic rings. The van der Waals surface area contributed by atoms with E-state index in [0.29, 0.717) is 22.8 Å². The van der Waals surface area contributed by atoms with Crippen LogP contribution >= 0.6 is 22.7 Å². The lowest BCUT2D eigenvalue weighted by Crippen LogP contribution is -2.16. The van der Waals surface area contributed by atoms with Crippen LogP contribution in [0.3, 0.4) is 0 Å². The van der Waals surface area contributed by atoms with E-state index in [9.17, 15) is 4.79 Å². The minimum atomic E-state index is -0.248. The number of carbonyl (C=O) groups is 1. The van der Waals surface area contributed by atoms with Crippen LogP contribution in [0.25, 0.3) is 10.2 Å². The van der Waals surface area contributed by atoms with Crippen LogP contribution in [0.2, 0.25) is 0 Å². The molecular weight excluding hydrogens is 328 g/mol. The second-order valence-electron chi connectivity index (χ2n) is 4.63. The second-order valence-corrected chi connectivity index (χ2v) is 6.59. The number of nitrogens with zero attached hydrogens (tertiary/aromatic N) is 2. The molecule has 0 bridgehead atoms. The van der Waals surface area contributed by atoms with E-state index in [0.717, 1.165) is 16.0 Å². The quantitative estimate of drug-likeness (QED) is 0.681. The molecule has 0 N–H and O–H groups in total. The molecule has 6 heteroatoms. The van der Waals surface area contributed by atoms with E-state index in [-0.39, 0.29) is 5.91 Å². The van der Waals surface area contributed by atoms with Crippen LogP contribution in [-0.4, -0.2) is 17.1 Å². The van der Waals surface area contributed by atoms with Gasteiger partial charge in [0.1, 0.15) is 5.75 Å². The zero-order chi connectivity index (χ0) is 16.2. The molecule has 3 rings (SSSR count). The summed E-state index contributed by atoms with van der Waals surface area (Å²) < 4.78 is 8.39. The second kappa shape index (κ2) is 6.82. The standard InChI is InChI=1S/C17H14N2O2S2/c1-3-9-19-13-8-7-12(21-4-2)11-15(13)23-17(19)18-16(20)14-6-5-10-22-14/h1,5-8,10-11H,4,9H2,2H3. The average molecular weight is 342 g/mol. The predicted molar refractivity (Wildman–Crippen MR) is 94.0 cm³/mol. The summed E-state index contributed by atoms with van der Waals surface area (Å²) in [7, 11) is 0. The van der Waals surface area contributed by atoms with E-state index in [1.807, 2.05) is 41.1 Å². The van der Waals surface area contributed by atoms with Gasteiger partial charge in [-0.05, 0) is 36.6 Å². The molecule has 0 atom stereocenters. The first kappa shape index (κ1) is 15.5. The molecule has 0 spiro atoms. The Hall–Kier alpha value is -2.36. The van der Waals surface area contributed by atoms with Gasteiger partial charge in [0.2, 0.25) is 0 Å². The van der Waals surface area contributed by atoms with Crippen molar-refractivity contribution in [2.24, 2.45) is 4.99 Å². The Morgan fingerprint density at radius 2 is 2.30 bits per heavy atom. The van der Waals surface area contributed by atoms with Crippen molar-refractivity contribution in [2.75, 3.05) is 6.61 Å². The van der Waals surface area contributed by atoms with Gasteiger partial charge < -0.3 is 9.30 Å². The molecule has 1 amide bonds. The smallest absolute Gasteiger partial charge is 0.289 e. The van der Waals surface area contributed by atoms with Crippen molar-refractivity contribution in [3.05, 3.63) is 45.4 Å². The number of thiophene rings is 1. The first-order valence-corrected chi connectivity index (χ1v) is 8.74. The number of carbonyl (C=O) groups excluding carboxylic acids is 1. The fourth-order valence-corrected chi connectivity index (χ4v) is 3.85. The molecule has 4 nitrogen and oxygen atoms in total. The SMILES string of the molecule is C#CCn1c(=NC(=O)c2cccs2)sc2cc(OCC)ccc21. The Labute approximate surface area is 141 Å². The van der Waals surface area contributed by atoms with Crippen LogP contribution in [-0.2, 0) is 6.54 Å². The third-order valence-electron chi connectivity index (χ3n) is 3.14. The highest BCUT2D eigenvalue weighted by molar-refractivity contribution is 7.16. The van der Waals surface area contributed by atoms with Crippen molar-refractivity contribution in [2.45, 2.75) is 13.5 Å². The Bertz CT molecular complexity index is 943. The number of ether oxygens (including phenoxy) is 1. The van der Waals surface area contributed by atoms with E-state index in [1.165, 1.54) is 22.7 Å². The molecule has 0 radical (unpaired) electrons. The number of rotatable bonds is 4. The van der Waals surface area contributed by atoms with Crippen molar-refractivity contribution in [1.29, 1.82) is 0 Å². The van der Waals surface area contributed by atoms with Gasteiger partial charge >= 0.3 is 0 Å². The minimum Gasteiger partial charge on any atom is -0.494 e. The van der Waals surface area contributed by atoms with E-state index in [4.69, 9.17) is 11.2 Å². The summed E-state index contributed by atoms with van der Waals surface area (Å²) in [5.41, 5.74) is 0.953. The van der Waals surface area contributed by atoms with Crippen molar-refractivity contribution in [3.63, 3.8) is 0 Å². The Morgan fingerprint density at radius 3 is 3.00 bits per heavy atom. The molecule has 0 unspecified atom stereocenters. The van der Waals surface area contributed by atoms with Gasteiger partial charge in [0, 0.05) is 0 Å². The zero-order valence-corrected chi connectivity index (χ0v) is 14.1. The summed E-state index contributed by atoms with van der Waals surface area (Å²) in [6, 6.07) is 9.40. The number of thiazole rings is 1. The monoisotopic (exact) mass is 342 g/mol. The van der Waals surface area contributed by atoms with Crippen molar-refractivity contribution < 1.29 is 9.53 Å². The third-order valence-corrected chi connectivity index (χ3v) is 5.04. The Kier molecular flexibility index (Phi) is 4.60. The van der Waals surface area contributed by atoms with Crippen molar-refractivity contribution in [1.82, 2.24) is 4.57 Å². The van der Waals surface area contributed by atoms with Crippen LogP contribution in [0.5, 0.6) is 5.75 Å². The minimum absolute atomic E-state index is 0.248. The Balaban J connectivity index is 2.13. The molecule has 0 fully saturated rings. The molecular formula is C17H14N2O2S2. The van der Waals surface area contributed by atoms with Gasteiger partial charge in [-0.15, -0.1) is 17.8 Å². The number of terminal acetylenes is 1. The summed E-state index contributed by atoms with van der Waals surface area (Å²) in [4.78, 5) is 17.7. The first-order chi connectivity index (χ1) is 11.2. The molecule has 3 aromatic rings. The molecule has 0 saturated heterocycles.